The van der Waals surface area contributed by atoms with Crippen molar-refractivity contribution in [1.29, 1.82) is 0 Å². The van der Waals surface area contributed by atoms with Crippen LogP contribution in [0.25, 0.3) is 0 Å². The average Bonchev–Trinajstić information content (AvgIpc) is 2.92. The van der Waals surface area contributed by atoms with Gasteiger partial charge in [-0.3, -0.25) is 4.79 Å². The van der Waals surface area contributed by atoms with Gasteiger partial charge in [0.2, 0.25) is 0 Å². The molecule has 0 radical (unpaired) electrons. The maximum atomic E-state index is 13.2. The number of hydrogen-bond donors (Lipinski definition) is 1. The van der Waals surface area contributed by atoms with Crippen molar-refractivity contribution in [3.8, 4) is 5.75 Å². The van der Waals surface area contributed by atoms with Gasteiger partial charge in [0, 0.05) is 18.5 Å². The summed E-state index contributed by atoms with van der Waals surface area (Å²) < 4.78 is 56.5. The molecule has 1 unspecified atom stereocenters. The second kappa shape index (κ2) is 11.2. The fraction of sp³-hybridized carbons (Fsp3) is 0.333. The standard InChI is InChI=1S/C27H25ClF3N3O4/c28-21-6-4-13-32-25(21)34-19(15-37-23-8-1-2-14-36-23)16-38-24-20(5-3-7-22(24)34)26(35)33-18-11-9-17(10-12-18)27(29,30)31/h3-7,9-13,19,23H,1-2,8,14-16H2,(H,33,35)/t19?,23-/m1/s1. The number of ether oxygens (including phenoxy) is 3. The Bertz CT molecular complexity index is 1280. The number of carbonyl (C=O) groups is 1. The number of hydrogen-bond acceptors (Lipinski definition) is 6. The van der Waals surface area contributed by atoms with E-state index < -0.39 is 17.6 Å². The molecule has 0 bridgehead atoms. The molecule has 2 atom stereocenters. The largest absolute Gasteiger partial charge is 0.488 e. The molecule has 2 aromatic carbocycles. The van der Waals surface area contributed by atoms with Crippen molar-refractivity contribution in [2.24, 2.45) is 0 Å². The van der Waals surface area contributed by atoms with Crippen LogP contribution in [-0.2, 0) is 15.7 Å². The van der Waals surface area contributed by atoms with Gasteiger partial charge in [0.25, 0.3) is 5.91 Å². The second-order valence-corrected chi connectivity index (χ2v) is 9.36. The third-order valence-electron chi connectivity index (χ3n) is 6.33. The number of fused-ring (bicyclic) bond motifs is 1. The van der Waals surface area contributed by atoms with Crippen molar-refractivity contribution in [2.75, 3.05) is 30.0 Å². The first kappa shape index (κ1) is 26.3. The van der Waals surface area contributed by atoms with E-state index in [4.69, 9.17) is 25.8 Å². The lowest BCUT2D eigenvalue weighted by atomic mass is 10.1. The van der Waals surface area contributed by atoms with E-state index in [2.05, 4.69) is 10.3 Å². The maximum Gasteiger partial charge on any atom is 0.416 e. The minimum atomic E-state index is -4.46. The minimum absolute atomic E-state index is 0.178. The first-order chi connectivity index (χ1) is 18.3. The molecule has 38 heavy (non-hydrogen) atoms. The maximum absolute atomic E-state index is 13.2. The summed E-state index contributed by atoms with van der Waals surface area (Å²) in [5.41, 5.74) is 0.204. The van der Waals surface area contributed by atoms with Gasteiger partial charge in [0.1, 0.15) is 6.61 Å². The number of anilines is 3. The number of para-hydroxylation sites is 1. The predicted molar refractivity (Wildman–Crippen MR) is 136 cm³/mol. The normalized spacial score (nSPS) is 19.4. The van der Waals surface area contributed by atoms with Gasteiger partial charge in [-0.05, 0) is 67.8 Å². The Morgan fingerprint density at radius 1 is 1.13 bits per heavy atom. The number of nitrogens with zero attached hydrogens (tertiary/aromatic N) is 2. The molecule has 0 saturated carbocycles. The van der Waals surface area contributed by atoms with Crippen LogP contribution in [0.3, 0.4) is 0 Å². The summed E-state index contributed by atoms with van der Waals surface area (Å²) in [6.45, 7) is 1.11. The molecular formula is C27H25ClF3N3O4. The van der Waals surface area contributed by atoms with Crippen LogP contribution in [-0.4, -0.2) is 43.0 Å². The monoisotopic (exact) mass is 547 g/mol. The highest BCUT2D eigenvalue weighted by atomic mass is 35.5. The zero-order valence-electron chi connectivity index (χ0n) is 20.2. The highest BCUT2D eigenvalue weighted by molar-refractivity contribution is 6.33. The molecule has 1 saturated heterocycles. The van der Waals surface area contributed by atoms with Gasteiger partial charge in [-0.25, -0.2) is 4.98 Å². The fourth-order valence-electron chi connectivity index (χ4n) is 4.46. The summed E-state index contributed by atoms with van der Waals surface area (Å²) >= 11 is 6.52. The molecule has 11 heteroatoms. The molecule has 2 aliphatic rings. The summed E-state index contributed by atoms with van der Waals surface area (Å²) in [5.74, 6) is 0.264. The summed E-state index contributed by atoms with van der Waals surface area (Å²) in [5, 5.41) is 3.06. The molecule has 3 aromatic rings. The number of aromatic nitrogens is 1. The van der Waals surface area contributed by atoms with Gasteiger partial charge in [-0.15, -0.1) is 0 Å². The number of rotatable bonds is 6. The number of pyridine rings is 1. The lowest BCUT2D eigenvalue weighted by molar-refractivity contribution is -0.165. The molecule has 3 heterocycles. The van der Waals surface area contributed by atoms with Crippen LogP contribution in [0, 0.1) is 0 Å². The van der Waals surface area contributed by atoms with Crippen LogP contribution in [0.2, 0.25) is 5.02 Å². The lowest BCUT2D eigenvalue weighted by Crippen LogP contribution is -2.45. The summed E-state index contributed by atoms with van der Waals surface area (Å²) in [6.07, 6.45) is -0.294. The van der Waals surface area contributed by atoms with Gasteiger partial charge in [-0.1, -0.05) is 17.7 Å². The van der Waals surface area contributed by atoms with Crippen LogP contribution in [0.4, 0.5) is 30.4 Å². The number of carbonyl (C=O) groups excluding carboxylic acids is 1. The quantitative estimate of drug-likeness (QED) is 0.382. The predicted octanol–water partition coefficient (Wildman–Crippen LogP) is 6.45. The van der Waals surface area contributed by atoms with E-state index in [1.807, 2.05) is 4.90 Å². The Morgan fingerprint density at radius 3 is 2.66 bits per heavy atom. The Hall–Kier alpha value is -3.34. The smallest absolute Gasteiger partial charge is 0.416 e. The topological polar surface area (TPSA) is 72.9 Å². The van der Waals surface area contributed by atoms with Gasteiger partial charge in [-0.2, -0.15) is 13.2 Å². The van der Waals surface area contributed by atoms with Crippen LogP contribution in [0.15, 0.2) is 60.8 Å². The molecule has 1 aromatic heterocycles. The Balaban J connectivity index is 1.42. The Morgan fingerprint density at radius 2 is 1.95 bits per heavy atom. The van der Waals surface area contributed by atoms with E-state index in [1.54, 1.807) is 36.5 Å². The van der Waals surface area contributed by atoms with Crippen molar-refractivity contribution in [3.05, 3.63) is 76.9 Å². The molecule has 1 fully saturated rings. The van der Waals surface area contributed by atoms with Gasteiger partial charge < -0.3 is 24.4 Å². The van der Waals surface area contributed by atoms with E-state index in [0.717, 1.165) is 31.4 Å². The first-order valence-corrected chi connectivity index (χ1v) is 12.6. The highest BCUT2D eigenvalue weighted by Crippen LogP contribution is 2.43. The van der Waals surface area contributed by atoms with E-state index >= 15 is 0 Å². The Kier molecular flexibility index (Phi) is 7.73. The number of benzene rings is 2. The third kappa shape index (κ3) is 5.72. The summed E-state index contributed by atoms with van der Waals surface area (Å²) in [4.78, 5) is 19.5. The van der Waals surface area contributed by atoms with Crippen molar-refractivity contribution in [3.63, 3.8) is 0 Å². The van der Waals surface area contributed by atoms with E-state index in [1.165, 1.54) is 12.1 Å². The van der Waals surface area contributed by atoms with E-state index in [0.29, 0.717) is 28.9 Å². The van der Waals surface area contributed by atoms with Crippen molar-refractivity contribution in [1.82, 2.24) is 4.98 Å². The van der Waals surface area contributed by atoms with Crippen LogP contribution >= 0.6 is 11.6 Å². The molecule has 7 nitrogen and oxygen atoms in total. The van der Waals surface area contributed by atoms with E-state index in [-0.39, 0.29) is 36.8 Å². The van der Waals surface area contributed by atoms with Crippen molar-refractivity contribution in [2.45, 2.75) is 37.8 Å². The molecule has 200 valence electrons. The van der Waals surface area contributed by atoms with Crippen LogP contribution in [0.5, 0.6) is 5.75 Å². The summed E-state index contributed by atoms with van der Waals surface area (Å²) in [7, 11) is 0. The molecular weight excluding hydrogens is 523 g/mol. The molecule has 0 spiro atoms. The van der Waals surface area contributed by atoms with Gasteiger partial charge in [0.05, 0.1) is 34.5 Å². The molecule has 0 aliphatic carbocycles. The molecule has 1 N–H and O–H groups in total. The zero-order valence-corrected chi connectivity index (χ0v) is 21.0. The number of amides is 1. The number of nitrogens with one attached hydrogen (secondary N) is 1. The van der Waals surface area contributed by atoms with Crippen molar-refractivity contribution >= 4 is 34.7 Å². The third-order valence-corrected chi connectivity index (χ3v) is 6.63. The zero-order chi connectivity index (χ0) is 26.7. The van der Waals surface area contributed by atoms with Crippen LogP contribution < -0.4 is 15.0 Å². The number of halogens is 4. The van der Waals surface area contributed by atoms with E-state index in [9.17, 15) is 18.0 Å². The van der Waals surface area contributed by atoms with Gasteiger partial charge >= 0.3 is 6.18 Å². The SMILES string of the molecule is O=C(Nc1ccc(C(F)(F)F)cc1)c1cccc2c1OCC(CO[C@@H]1CCCCO1)N2c1ncccc1Cl. The first-order valence-electron chi connectivity index (χ1n) is 12.2. The van der Waals surface area contributed by atoms with Crippen molar-refractivity contribution < 1.29 is 32.2 Å². The molecule has 5 rings (SSSR count). The fourth-order valence-corrected chi connectivity index (χ4v) is 4.67. The lowest BCUT2D eigenvalue weighted by Gasteiger charge is -2.39. The molecule has 1 amide bonds. The highest BCUT2D eigenvalue weighted by Gasteiger charge is 2.35. The number of alkyl halides is 3. The second-order valence-electron chi connectivity index (χ2n) is 8.96. The Labute approximate surface area is 222 Å². The van der Waals surface area contributed by atoms with Gasteiger partial charge in [0.15, 0.2) is 17.9 Å². The van der Waals surface area contributed by atoms with Crippen LogP contribution in [0.1, 0.15) is 35.2 Å². The average molecular weight is 548 g/mol. The molecule has 2 aliphatic heterocycles. The summed E-state index contributed by atoms with van der Waals surface area (Å²) in [6, 6.07) is 12.5. The minimum Gasteiger partial charge on any atom is -0.488 e.